The molecule has 0 N–H and O–H groups in total. The lowest BCUT2D eigenvalue weighted by molar-refractivity contribution is -0.167. The molecule has 0 aliphatic carbocycles. The molecule has 0 spiro atoms. The quantitative estimate of drug-likeness (QED) is 0.0265. The Bertz CT molecular complexity index is 911. The van der Waals surface area contributed by atoms with Crippen LogP contribution in [0.2, 0.25) is 0 Å². The van der Waals surface area contributed by atoms with E-state index in [0.717, 1.165) is 70.6 Å². The maximum absolute atomic E-state index is 12.7. The summed E-state index contributed by atoms with van der Waals surface area (Å²) in [6.07, 6.45) is 50.2. The topological polar surface area (TPSA) is 78.9 Å². The molecule has 6 heteroatoms. The molecular weight excluding hydrogens is 697 g/mol. The van der Waals surface area contributed by atoms with Crippen molar-refractivity contribution in [1.29, 1.82) is 0 Å². The summed E-state index contributed by atoms with van der Waals surface area (Å²) in [4.78, 5) is 37.7. The van der Waals surface area contributed by atoms with Crippen molar-refractivity contribution >= 4 is 17.9 Å². The highest BCUT2D eigenvalue weighted by molar-refractivity contribution is 5.71. The first-order valence-corrected chi connectivity index (χ1v) is 24.4. The Labute approximate surface area is 347 Å². The van der Waals surface area contributed by atoms with Crippen LogP contribution < -0.4 is 0 Å². The van der Waals surface area contributed by atoms with E-state index >= 15 is 0 Å². The van der Waals surface area contributed by atoms with Gasteiger partial charge in [-0.05, 0) is 38.5 Å². The van der Waals surface area contributed by atoms with Crippen LogP contribution in [0, 0.1) is 0 Å². The average molecular weight is 789 g/mol. The van der Waals surface area contributed by atoms with E-state index in [2.05, 4.69) is 45.1 Å². The smallest absolute Gasteiger partial charge is 0.306 e. The van der Waals surface area contributed by atoms with Crippen molar-refractivity contribution < 1.29 is 28.6 Å². The molecule has 56 heavy (non-hydrogen) atoms. The molecule has 0 heterocycles. The van der Waals surface area contributed by atoms with Gasteiger partial charge in [-0.3, -0.25) is 14.4 Å². The average Bonchev–Trinajstić information content (AvgIpc) is 3.19. The van der Waals surface area contributed by atoms with E-state index in [9.17, 15) is 14.4 Å². The highest BCUT2D eigenvalue weighted by Crippen LogP contribution is 2.16. The third-order valence-corrected chi connectivity index (χ3v) is 10.7. The van der Waals surface area contributed by atoms with E-state index in [1.165, 1.54) is 148 Å². The van der Waals surface area contributed by atoms with Gasteiger partial charge in [-0.2, -0.15) is 0 Å². The fourth-order valence-corrected chi connectivity index (χ4v) is 7.01. The number of ether oxygens (including phenoxy) is 3. The van der Waals surface area contributed by atoms with Crippen LogP contribution in [0.5, 0.6) is 0 Å². The van der Waals surface area contributed by atoms with Gasteiger partial charge in [0, 0.05) is 19.3 Å². The summed E-state index contributed by atoms with van der Waals surface area (Å²) in [5, 5.41) is 0. The van der Waals surface area contributed by atoms with E-state index in [-0.39, 0.29) is 31.1 Å². The largest absolute Gasteiger partial charge is 0.462 e. The Hall–Kier alpha value is -2.11. The summed E-state index contributed by atoms with van der Waals surface area (Å²) in [6, 6.07) is 0. The van der Waals surface area contributed by atoms with E-state index < -0.39 is 6.10 Å². The molecule has 0 radical (unpaired) electrons. The second-order valence-corrected chi connectivity index (χ2v) is 16.4. The van der Waals surface area contributed by atoms with Crippen molar-refractivity contribution in [3.63, 3.8) is 0 Å². The van der Waals surface area contributed by atoms with Gasteiger partial charge >= 0.3 is 17.9 Å². The summed E-state index contributed by atoms with van der Waals surface area (Å²) in [6.45, 7) is 6.57. The van der Waals surface area contributed by atoms with Crippen LogP contribution in [0.1, 0.15) is 258 Å². The Morgan fingerprint density at radius 3 is 1.00 bits per heavy atom. The van der Waals surface area contributed by atoms with Gasteiger partial charge in [0.05, 0.1) is 0 Å². The van der Waals surface area contributed by atoms with Crippen LogP contribution in [0.4, 0.5) is 0 Å². The van der Waals surface area contributed by atoms with E-state index in [1.807, 2.05) is 0 Å². The lowest BCUT2D eigenvalue weighted by Crippen LogP contribution is -2.30. The van der Waals surface area contributed by atoms with E-state index in [4.69, 9.17) is 14.2 Å². The zero-order chi connectivity index (χ0) is 40.8. The standard InChI is InChI=1S/C50H92O6/c1-4-7-10-13-16-19-22-23-24-25-26-27-29-31-34-37-40-43-49(52)55-46-47(45-54-48(51)42-39-36-33-30-21-18-15-12-9-6-3)56-50(53)44-41-38-35-32-28-20-17-14-11-8-5-2/h14,17,20,28,47H,4-13,15-16,18-19,21-27,29-46H2,1-3H3/b17-14-,28-20-. The van der Waals surface area contributed by atoms with Crippen LogP contribution in [-0.4, -0.2) is 37.2 Å². The van der Waals surface area contributed by atoms with Crippen LogP contribution in [0.3, 0.4) is 0 Å². The van der Waals surface area contributed by atoms with Gasteiger partial charge in [-0.15, -0.1) is 0 Å². The van der Waals surface area contributed by atoms with Gasteiger partial charge < -0.3 is 14.2 Å². The van der Waals surface area contributed by atoms with E-state index in [0.29, 0.717) is 19.3 Å². The normalized spacial score (nSPS) is 12.1. The molecule has 1 atom stereocenters. The van der Waals surface area contributed by atoms with E-state index in [1.54, 1.807) is 0 Å². The van der Waals surface area contributed by atoms with Crippen molar-refractivity contribution in [2.75, 3.05) is 13.2 Å². The zero-order valence-corrected chi connectivity index (χ0v) is 37.4. The molecule has 0 amide bonds. The first-order chi connectivity index (χ1) is 27.5. The highest BCUT2D eigenvalue weighted by atomic mass is 16.6. The van der Waals surface area contributed by atoms with Crippen molar-refractivity contribution in [2.24, 2.45) is 0 Å². The molecule has 1 unspecified atom stereocenters. The number of hydrogen-bond acceptors (Lipinski definition) is 6. The lowest BCUT2D eigenvalue weighted by Gasteiger charge is -2.18. The minimum Gasteiger partial charge on any atom is -0.462 e. The fraction of sp³-hybridized carbons (Fsp3) is 0.860. The van der Waals surface area contributed by atoms with Gasteiger partial charge in [-0.1, -0.05) is 225 Å². The molecule has 0 bridgehead atoms. The highest BCUT2D eigenvalue weighted by Gasteiger charge is 2.19. The summed E-state index contributed by atoms with van der Waals surface area (Å²) >= 11 is 0. The molecule has 0 aromatic rings. The zero-order valence-electron chi connectivity index (χ0n) is 37.4. The van der Waals surface area contributed by atoms with Crippen LogP contribution in [0.25, 0.3) is 0 Å². The molecule has 0 aliphatic rings. The second kappa shape index (κ2) is 45.6. The molecule has 0 aromatic carbocycles. The number of allylic oxidation sites excluding steroid dienone is 4. The Morgan fingerprint density at radius 1 is 0.357 bits per heavy atom. The third-order valence-electron chi connectivity index (χ3n) is 10.7. The predicted molar refractivity (Wildman–Crippen MR) is 238 cm³/mol. The van der Waals surface area contributed by atoms with Crippen LogP contribution >= 0.6 is 0 Å². The summed E-state index contributed by atoms with van der Waals surface area (Å²) in [5.74, 6) is -0.898. The Kier molecular flexibility index (Phi) is 43.9. The van der Waals surface area contributed by atoms with Gasteiger partial charge in [0.25, 0.3) is 0 Å². The first-order valence-electron chi connectivity index (χ1n) is 24.4. The Morgan fingerprint density at radius 2 is 0.643 bits per heavy atom. The molecule has 0 saturated heterocycles. The van der Waals surface area contributed by atoms with Crippen LogP contribution in [0.15, 0.2) is 24.3 Å². The minimum absolute atomic E-state index is 0.0777. The molecule has 0 rings (SSSR count). The lowest BCUT2D eigenvalue weighted by atomic mass is 10.0. The predicted octanol–water partition coefficient (Wildman–Crippen LogP) is 15.6. The fourth-order valence-electron chi connectivity index (χ4n) is 7.01. The Balaban J connectivity index is 4.30. The van der Waals surface area contributed by atoms with Gasteiger partial charge in [0.1, 0.15) is 13.2 Å². The number of unbranched alkanes of at least 4 members (excludes halogenated alkanes) is 30. The van der Waals surface area contributed by atoms with Gasteiger partial charge in [0.15, 0.2) is 6.10 Å². The first kappa shape index (κ1) is 53.9. The number of rotatable bonds is 44. The molecule has 328 valence electrons. The maximum Gasteiger partial charge on any atom is 0.306 e. The minimum atomic E-state index is -0.777. The molecule has 0 aliphatic heterocycles. The monoisotopic (exact) mass is 789 g/mol. The third kappa shape index (κ3) is 43.0. The summed E-state index contributed by atoms with van der Waals surface area (Å²) in [7, 11) is 0. The summed E-state index contributed by atoms with van der Waals surface area (Å²) in [5.41, 5.74) is 0. The van der Waals surface area contributed by atoms with Gasteiger partial charge in [-0.25, -0.2) is 0 Å². The molecule has 0 saturated carbocycles. The number of carbonyl (C=O) groups is 3. The van der Waals surface area contributed by atoms with Crippen molar-refractivity contribution in [3.8, 4) is 0 Å². The van der Waals surface area contributed by atoms with Crippen molar-refractivity contribution in [1.82, 2.24) is 0 Å². The summed E-state index contributed by atoms with van der Waals surface area (Å²) < 4.78 is 16.7. The van der Waals surface area contributed by atoms with Crippen LogP contribution in [-0.2, 0) is 28.6 Å². The van der Waals surface area contributed by atoms with Gasteiger partial charge in [0.2, 0.25) is 0 Å². The maximum atomic E-state index is 12.7. The number of hydrogen-bond donors (Lipinski definition) is 0. The number of carbonyl (C=O) groups excluding carboxylic acids is 3. The van der Waals surface area contributed by atoms with Crippen molar-refractivity contribution in [2.45, 2.75) is 264 Å². The number of esters is 3. The molecule has 0 fully saturated rings. The molecule has 6 nitrogen and oxygen atoms in total. The molecule has 0 aromatic heterocycles. The SMILES string of the molecule is CCCC/C=C\C=C/CCCCCC(=O)OC(COC(=O)CCCCCCCCCCCC)COC(=O)CCCCCCCCCCCCCCCCCCC. The van der Waals surface area contributed by atoms with Crippen molar-refractivity contribution in [3.05, 3.63) is 24.3 Å². The molecular formula is C50H92O6. The second-order valence-electron chi connectivity index (χ2n) is 16.4.